The largest absolute Gasteiger partial charge is 0.466 e. The Morgan fingerprint density at radius 3 is 1.03 bits per heavy atom. The van der Waals surface area contributed by atoms with E-state index in [0.717, 1.165) is 51.4 Å². The van der Waals surface area contributed by atoms with E-state index in [-0.39, 0.29) is 18.5 Å². The molecule has 1 amide bonds. The minimum Gasteiger partial charge on any atom is -0.466 e. The van der Waals surface area contributed by atoms with Crippen LogP contribution in [-0.4, -0.2) is 47.4 Å². The SMILES string of the molecule is CCCCCCCC/C=C\CCCCCCCCCC(=O)OCCCCCCCCCCC/C=C\C/C=C\CCCCCCCCCCCCCCCCCC(=O)NC(CO)C(O)CCCCCCCCCCCC. The van der Waals surface area contributed by atoms with E-state index in [9.17, 15) is 19.8 Å². The molecular formula is C69H131NO5. The van der Waals surface area contributed by atoms with Gasteiger partial charge in [-0.3, -0.25) is 9.59 Å². The quantitative estimate of drug-likeness (QED) is 0.0320. The molecule has 0 aromatic carbocycles. The highest BCUT2D eigenvalue weighted by atomic mass is 16.5. The third-order valence-electron chi connectivity index (χ3n) is 15.7. The molecule has 0 radical (unpaired) electrons. The van der Waals surface area contributed by atoms with Crippen LogP contribution in [0.4, 0.5) is 0 Å². The molecule has 0 bridgehead atoms. The van der Waals surface area contributed by atoms with Crippen LogP contribution in [0.2, 0.25) is 0 Å². The Hall–Kier alpha value is -1.92. The number of carbonyl (C=O) groups is 2. The van der Waals surface area contributed by atoms with Crippen LogP contribution in [0, 0.1) is 0 Å². The molecular weight excluding hydrogens is 923 g/mol. The number of carbonyl (C=O) groups excluding carboxylic acids is 2. The number of esters is 1. The molecule has 0 spiro atoms. The van der Waals surface area contributed by atoms with Crippen LogP contribution >= 0.6 is 0 Å². The number of rotatable bonds is 63. The standard InChI is InChI=1S/C69H131NO5/c1-3-5-7-9-11-13-15-16-17-33-37-40-43-47-51-55-59-63-69(74)75-64-60-56-52-48-44-41-38-35-32-30-28-26-24-22-20-18-19-21-23-25-27-29-31-34-36-39-42-46-50-54-58-62-68(73)70-66(65-71)67(72)61-57-53-49-45-14-12-10-8-6-4-2/h16-17,20,22,26,28,66-67,71-72H,3-15,18-19,21,23-25,27,29-65H2,1-2H3,(H,70,73)/b17-16-,22-20-,28-26-. The van der Waals surface area contributed by atoms with Gasteiger partial charge in [0.15, 0.2) is 0 Å². The predicted molar refractivity (Wildman–Crippen MR) is 329 cm³/mol. The summed E-state index contributed by atoms with van der Waals surface area (Å²) >= 11 is 0. The molecule has 442 valence electrons. The van der Waals surface area contributed by atoms with Crippen LogP contribution in [0.25, 0.3) is 0 Å². The second-order valence-corrected chi connectivity index (χ2v) is 23.1. The molecule has 0 aliphatic carbocycles. The Bertz CT molecular complexity index is 1210. The maximum atomic E-state index is 12.4. The summed E-state index contributed by atoms with van der Waals surface area (Å²) in [5.74, 6) is -0.0249. The van der Waals surface area contributed by atoms with Gasteiger partial charge in [0.2, 0.25) is 5.91 Å². The van der Waals surface area contributed by atoms with Crippen LogP contribution in [0.1, 0.15) is 367 Å². The molecule has 3 N–H and O–H groups in total. The summed E-state index contributed by atoms with van der Waals surface area (Å²) in [4.78, 5) is 24.5. The van der Waals surface area contributed by atoms with Gasteiger partial charge in [-0.1, -0.05) is 307 Å². The summed E-state index contributed by atoms with van der Waals surface area (Å²) in [5.41, 5.74) is 0. The molecule has 0 aliphatic heterocycles. The van der Waals surface area contributed by atoms with Crippen molar-refractivity contribution in [3.63, 3.8) is 0 Å². The zero-order valence-electron chi connectivity index (χ0n) is 50.5. The molecule has 2 atom stereocenters. The van der Waals surface area contributed by atoms with Crippen molar-refractivity contribution in [3.05, 3.63) is 36.5 Å². The van der Waals surface area contributed by atoms with Crippen molar-refractivity contribution in [1.29, 1.82) is 0 Å². The van der Waals surface area contributed by atoms with E-state index in [4.69, 9.17) is 4.74 Å². The summed E-state index contributed by atoms with van der Waals surface area (Å²) in [5, 5.41) is 23.2. The van der Waals surface area contributed by atoms with Gasteiger partial charge in [0.1, 0.15) is 0 Å². The summed E-state index contributed by atoms with van der Waals surface area (Å²) in [6.45, 7) is 4.95. The minimum atomic E-state index is -0.662. The molecule has 0 rings (SSSR count). The summed E-state index contributed by atoms with van der Waals surface area (Å²) in [6.07, 6.45) is 81.9. The highest BCUT2D eigenvalue weighted by Crippen LogP contribution is 2.18. The topological polar surface area (TPSA) is 95.9 Å². The lowest BCUT2D eigenvalue weighted by Gasteiger charge is -2.22. The van der Waals surface area contributed by atoms with Crippen molar-refractivity contribution in [1.82, 2.24) is 5.32 Å². The van der Waals surface area contributed by atoms with Gasteiger partial charge in [0, 0.05) is 12.8 Å². The smallest absolute Gasteiger partial charge is 0.305 e. The van der Waals surface area contributed by atoms with Crippen molar-refractivity contribution in [3.8, 4) is 0 Å². The number of unbranched alkanes of at least 4 members (excludes halogenated alkanes) is 46. The van der Waals surface area contributed by atoms with E-state index in [0.29, 0.717) is 25.9 Å². The number of aliphatic hydroxyl groups is 2. The van der Waals surface area contributed by atoms with Crippen molar-refractivity contribution in [2.45, 2.75) is 379 Å². The molecule has 0 saturated heterocycles. The first kappa shape index (κ1) is 73.1. The van der Waals surface area contributed by atoms with E-state index < -0.39 is 12.1 Å². The van der Waals surface area contributed by atoms with Gasteiger partial charge in [-0.25, -0.2) is 0 Å². The van der Waals surface area contributed by atoms with Gasteiger partial charge >= 0.3 is 5.97 Å². The first-order valence-electron chi connectivity index (χ1n) is 33.7. The average molecular weight is 1050 g/mol. The Labute approximate surface area is 468 Å². The number of aliphatic hydroxyl groups excluding tert-OH is 2. The van der Waals surface area contributed by atoms with Crippen LogP contribution < -0.4 is 5.32 Å². The second-order valence-electron chi connectivity index (χ2n) is 23.1. The van der Waals surface area contributed by atoms with E-state index in [1.54, 1.807) is 0 Å². The molecule has 0 aromatic heterocycles. The molecule has 0 aliphatic rings. The van der Waals surface area contributed by atoms with Crippen LogP contribution in [0.5, 0.6) is 0 Å². The van der Waals surface area contributed by atoms with Gasteiger partial charge in [0.25, 0.3) is 0 Å². The molecule has 0 fully saturated rings. The minimum absolute atomic E-state index is 0.0100. The van der Waals surface area contributed by atoms with Crippen LogP contribution in [0.15, 0.2) is 36.5 Å². The van der Waals surface area contributed by atoms with Crippen LogP contribution in [0.3, 0.4) is 0 Å². The third kappa shape index (κ3) is 61.2. The van der Waals surface area contributed by atoms with E-state index in [1.807, 2.05) is 0 Å². The number of ether oxygens (including phenoxy) is 1. The Morgan fingerprint density at radius 1 is 0.373 bits per heavy atom. The number of nitrogens with one attached hydrogen (secondary N) is 1. The molecule has 6 nitrogen and oxygen atoms in total. The van der Waals surface area contributed by atoms with Crippen molar-refractivity contribution in [2.75, 3.05) is 13.2 Å². The highest BCUT2D eigenvalue weighted by Gasteiger charge is 2.20. The monoisotopic (exact) mass is 1050 g/mol. The van der Waals surface area contributed by atoms with Gasteiger partial charge in [-0.15, -0.1) is 0 Å². The number of amides is 1. The fraction of sp³-hybridized carbons (Fsp3) is 0.884. The van der Waals surface area contributed by atoms with Crippen molar-refractivity contribution in [2.24, 2.45) is 0 Å². The highest BCUT2D eigenvalue weighted by molar-refractivity contribution is 5.76. The summed E-state index contributed by atoms with van der Waals surface area (Å²) in [7, 11) is 0. The molecule has 2 unspecified atom stereocenters. The van der Waals surface area contributed by atoms with Gasteiger partial charge in [0.05, 0.1) is 25.4 Å². The summed E-state index contributed by atoms with van der Waals surface area (Å²) < 4.78 is 5.49. The van der Waals surface area contributed by atoms with E-state index in [2.05, 4.69) is 55.6 Å². The Balaban J connectivity index is 3.36. The fourth-order valence-corrected chi connectivity index (χ4v) is 10.5. The zero-order chi connectivity index (χ0) is 54.3. The van der Waals surface area contributed by atoms with Crippen LogP contribution in [-0.2, 0) is 14.3 Å². The molecule has 6 heteroatoms. The van der Waals surface area contributed by atoms with E-state index >= 15 is 0 Å². The first-order chi connectivity index (χ1) is 37.0. The fourth-order valence-electron chi connectivity index (χ4n) is 10.5. The van der Waals surface area contributed by atoms with E-state index in [1.165, 1.54) is 283 Å². The lowest BCUT2D eigenvalue weighted by atomic mass is 10.0. The number of allylic oxidation sites excluding steroid dienone is 6. The van der Waals surface area contributed by atoms with Gasteiger partial charge in [-0.2, -0.15) is 0 Å². The lowest BCUT2D eigenvalue weighted by Crippen LogP contribution is -2.45. The Morgan fingerprint density at radius 2 is 0.667 bits per heavy atom. The van der Waals surface area contributed by atoms with Gasteiger partial charge < -0.3 is 20.3 Å². The predicted octanol–water partition coefficient (Wildman–Crippen LogP) is 21.5. The molecule has 0 aromatic rings. The van der Waals surface area contributed by atoms with Crippen molar-refractivity contribution >= 4 is 11.9 Å². The second kappa shape index (κ2) is 64.6. The Kier molecular flexibility index (Phi) is 63.0. The molecule has 0 saturated carbocycles. The zero-order valence-corrected chi connectivity index (χ0v) is 50.5. The first-order valence-corrected chi connectivity index (χ1v) is 33.7. The number of hydrogen-bond donors (Lipinski definition) is 3. The van der Waals surface area contributed by atoms with Crippen molar-refractivity contribution < 1.29 is 24.5 Å². The maximum absolute atomic E-state index is 12.4. The normalized spacial score (nSPS) is 12.7. The maximum Gasteiger partial charge on any atom is 0.305 e. The summed E-state index contributed by atoms with van der Waals surface area (Å²) in [6, 6.07) is -0.539. The third-order valence-corrected chi connectivity index (χ3v) is 15.7. The molecule has 0 heterocycles. The molecule has 75 heavy (non-hydrogen) atoms. The lowest BCUT2D eigenvalue weighted by molar-refractivity contribution is -0.143. The average Bonchev–Trinajstić information content (AvgIpc) is 3.41. The number of hydrogen-bond acceptors (Lipinski definition) is 5. The van der Waals surface area contributed by atoms with Gasteiger partial charge in [-0.05, 0) is 83.5 Å².